The van der Waals surface area contributed by atoms with E-state index >= 15 is 0 Å². The standard InChI is InChI=1S/C17H23NO2/c1-18-7-6-17-5-3-2-4-12(17)14(18)8-11-9-15(19)16(20)10-13(11)17/h9-10,12,14,19-20H,2-8H2,1H3/t12?,14-,17-/m1/s1. The SMILES string of the molecule is CN1CC[C@]23CCCCC2[C@H]1Cc1cc(O)c(O)cc13. The zero-order valence-electron chi connectivity index (χ0n) is 12.1. The summed E-state index contributed by atoms with van der Waals surface area (Å²) in [4.78, 5) is 2.51. The van der Waals surface area contributed by atoms with E-state index in [1.54, 1.807) is 0 Å². The minimum atomic E-state index is 0.0372. The van der Waals surface area contributed by atoms with E-state index in [1.807, 2.05) is 12.1 Å². The number of phenolic OH excluding ortho intramolecular Hbond substituents is 2. The number of hydrogen-bond acceptors (Lipinski definition) is 3. The molecule has 2 fully saturated rings. The van der Waals surface area contributed by atoms with Gasteiger partial charge in [-0.1, -0.05) is 12.8 Å². The molecule has 1 saturated carbocycles. The van der Waals surface area contributed by atoms with E-state index in [0.717, 1.165) is 18.9 Å². The van der Waals surface area contributed by atoms with Gasteiger partial charge in [0.2, 0.25) is 0 Å². The Morgan fingerprint density at radius 1 is 1.15 bits per heavy atom. The maximum absolute atomic E-state index is 9.95. The van der Waals surface area contributed by atoms with Crippen LogP contribution in [0, 0.1) is 5.92 Å². The Morgan fingerprint density at radius 2 is 1.95 bits per heavy atom. The van der Waals surface area contributed by atoms with Gasteiger partial charge in [-0.2, -0.15) is 0 Å². The molecule has 2 aliphatic carbocycles. The molecule has 3 aliphatic rings. The van der Waals surface area contributed by atoms with Gasteiger partial charge in [0.1, 0.15) is 0 Å². The topological polar surface area (TPSA) is 43.7 Å². The molecule has 3 nitrogen and oxygen atoms in total. The summed E-state index contributed by atoms with van der Waals surface area (Å²) in [5.41, 5.74) is 2.85. The van der Waals surface area contributed by atoms with Gasteiger partial charge in [0, 0.05) is 11.5 Å². The van der Waals surface area contributed by atoms with Crippen molar-refractivity contribution in [2.45, 2.75) is 50.0 Å². The van der Waals surface area contributed by atoms with Crippen LogP contribution in [0.4, 0.5) is 0 Å². The van der Waals surface area contributed by atoms with Gasteiger partial charge < -0.3 is 15.1 Å². The number of piperidine rings is 1. The summed E-state index contributed by atoms with van der Waals surface area (Å²) in [6.07, 6.45) is 7.42. The highest BCUT2D eigenvalue weighted by Gasteiger charge is 2.53. The van der Waals surface area contributed by atoms with Gasteiger partial charge in [-0.3, -0.25) is 0 Å². The second-order valence-corrected chi connectivity index (χ2v) is 7.01. The average molecular weight is 273 g/mol. The molecule has 2 N–H and O–H groups in total. The zero-order valence-corrected chi connectivity index (χ0v) is 12.1. The molecule has 3 atom stereocenters. The van der Waals surface area contributed by atoms with Crippen LogP contribution in [0.1, 0.15) is 43.2 Å². The van der Waals surface area contributed by atoms with Gasteiger partial charge in [0.25, 0.3) is 0 Å². The molecular weight excluding hydrogens is 250 g/mol. The van der Waals surface area contributed by atoms with E-state index in [2.05, 4.69) is 11.9 Å². The van der Waals surface area contributed by atoms with Crippen LogP contribution >= 0.6 is 0 Å². The highest BCUT2D eigenvalue weighted by atomic mass is 16.3. The first-order valence-electron chi connectivity index (χ1n) is 7.87. The molecule has 0 spiro atoms. The van der Waals surface area contributed by atoms with Crippen LogP contribution in [0.3, 0.4) is 0 Å². The van der Waals surface area contributed by atoms with Gasteiger partial charge in [-0.25, -0.2) is 0 Å². The van der Waals surface area contributed by atoms with Crippen molar-refractivity contribution in [3.63, 3.8) is 0 Å². The first-order chi connectivity index (χ1) is 9.62. The molecule has 0 radical (unpaired) electrons. The highest BCUT2D eigenvalue weighted by molar-refractivity contribution is 5.51. The van der Waals surface area contributed by atoms with Crippen LogP contribution in [-0.4, -0.2) is 34.7 Å². The first kappa shape index (κ1) is 12.5. The average Bonchev–Trinajstić information content (AvgIpc) is 2.45. The van der Waals surface area contributed by atoms with Crippen molar-refractivity contribution in [2.24, 2.45) is 5.92 Å². The highest BCUT2D eigenvalue weighted by Crippen LogP contribution is 2.56. The molecule has 2 bridgehead atoms. The summed E-state index contributed by atoms with van der Waals surface area (Å²) in [5.74, 6) is 0.821. The number of likely N-dealkylation sites (tertiary alicyclic amines) is 1. The number of aromatic hydroxyl groups is 2. The van der Waals surface area contributed by atoms with Crippen LogP contribution in [0.2, 0.25) is 0 Å². The summed E-state index contributed by atoms with van der Waals surface area (Å²) in [6, 6.07) is 4.29. The third-order valence-corrected chi connectivity index (χ3v) is 6.20. The van der Waals surface area contributed by atoms with Gasteiger partial charge in [0.15, 0.2) is 11.5 Å². The quantitative estimate of drug-likeness (QED) is 0.714. The Kier molecular flexibility index (Phi) is 2.59. The summed E-state index contributed by atoms with van der Waals surface area (Å²) < 4.78 is 0. The molecular formula is C17H23NO2. The third kappa shape index (κ3) is 1.50. The van der Waals surface area contributed by atoms with Crippen LogP contribution < -0.4 is 0 Å². The molecule has 1 saturated heterocycles. The maximum Gasteiger partial charge on any atom is 0.157 e. The summed E-state index contributed by atoms with van der Waals surface area (Å²) in [5, 5.41) is 19.8. The van der Waals surface area contributed by atoms with Crippen molar-refractivity contribution in [2.75, 3.05) is 13.6 Å². The molecule has 4 rings (SSSR count). The third-order valence-electron chi connectivity index (χ3n) is 6.20. The van der Waals surface area contributed by atoms with Gasteiger partial charge in [-0.15, -0.1) is 0 Å². The Hall–Kier alpha value is -1.22. The number of phenols is 2. The predicted molar refractivity (Wildman–Crippen MR) is 78.1 cm³/mol. The normalized spacial score (nSPS) is 36.2. The fraction of sp³-hybridized carbons (Fsp3) is 0.647. The second kappa shape index (κ2) is 4.14. The Labute approximate surface area is 120 Å². The second-order valence-electron chi connectivity index (χ2n) is 7.01. The van der Waals surface area contributed by atoms with E-state index in [9.17, 15) is 10.2 Å². The minimum Gasteiger partial charge on any atom is -0.504 e. The summed E-state index contributed by atoms with van der Waals surface area (Å²) >= 11 is 0. The number of rotatable bonds is 0. The lowest BCUT2D eigenvalue weighted by Gasteiger charge is -2.58. The molecule has 1 aromatic carbocycles. The maximum atomic E-state index is 9.95. The number of nitrogens with zero attached hydrogens (tertiary/aromatic N) is 1. The predicted octanol–water partition coefficient (Wildman–Crippen LogP) is 2.79. The van der Waals surface area contributed by atoms with Crippen molar-refractivity contribution in [1.82, 2.24) is 4.90 Å². The van der Waals surface area contributed by atoms with Crippen molar-refractivity contribution in [1.29, 1.82) is 0 Å². The molecule has 108 valence electrons. The van der Waals surface area contributed by atoms with Crippen LogP contribution in [0.25, 0.3) is 0 Å². The summed E-state index contributed by atoms with van der Waals surface area (Å²) in [6.45, 7) is 1.16. The smallest absolute Gasteiger partial charge is 0.157 e. The van der Waals surface area contributed by atoms with E-state index in [0.29, 0.717) is 6.04 Å². The first-order valence-corrected chi connectivity index (χ1v) is 7.87. The fourth-order valence-electron chi connectivity index (χ4n) is 5.23. The molecule has 1 aliphatic heterocycles. The number of likely N-dealkylation sites (N-methyl/N-ethyl adjacent to an activating group) is 1. The number of fused-ring (bicyclic) bond motifs is 1. The minimum absolute atomic E-state index is 0.0372. The molecule has 0 amide bonds. The van der Waals surface area contributed by atoms with E-state index in [4.69, 9.17) is 0 Å². The molecule has 1 unspecified atom stereocenters. The molecule has 1 aromatic rings. The number of hydrogen-bond donors (Lipinski definition) is 2. The fourth-order valence-corrected chi connectivity index (χ4v) is 5.23. The van der Waals surface area contributed by atoms with Crippen molar-refractivity contribution in [3.05, 3.63) is 23.3 Å². The monoisotopic (exact) mass is 273 g/mol. The lowest BCUT2D eigenvalue weighted by molar-refractivity contribution is 0.00265. The van der Waals surface area contributed by atoms with E-state index in [-0.39, 0.29) is 16.9 Å². The Bertz CT molecular complexity index is 556. The lowest BCUT2D eigenvalue weighted by atomic mass is 9.52. The van der Waals surface area contributed by atoms with Crippen LogP contribution in [0.5, 0.6) is 11.5 Å². The number of benzene rings is 1. The molecule has 3 heteroatoms. The summed E-state index contributed by atoms with van der Waals surface area (Å²) in [7, 11) is 2.24. The molecule has 1 heterocycles. The van der Waals surface area contributed by atoms with Crippen LogP contribution in [-0.2, 0) is 11.8 Å². The van der Waals surface area contributed by atoms with Gasteiger partial charge in [0.05, 0.1) is 0 Å². The molecule has 0 aromatic heterocycles. The Morgan fingerprint density at radius 3 is 2.80 bits per heavy atom. The largest absolute Gasteiger partial charge is 0.504 e. The van der Waals surface area contributed by atoms with Gasteiger partial charge in [-0.05, 0) is 68.5 Å². The van der Waals surface area contributed by atoms with E-state index in [1.165, 1.54) is 43.2 Å². The van der Waals surface area contributed by atoms with Crippen molar-refractivity contribution >= 4 is 0 Å². The van der Waals surface area contributed by atoms with Crippen molar-refractivity contribution in [3.8, 4) is 11.5 Å². The Balaban J connectivity index is 1.92. The molecule has 20 heavy (non-hydrogen) atoms. The van der Waals surface area contributed by atoms with Crippen LogP contribution in [0.15, 0.2) is 12.1 Å². The lowest BCUT2D eigenvalue weighted by Crippen LogP contribution is -2.59. The van der Waals surface area contributed by atoms with Crippen molar-refractivity contribution < 1.29 is 10.2 Å². The van der Waals surface area contributed by atoms with E-state index < -0.39 is 0 Å². The van der Waals surface area contributed by atoms with Gasteiger partial charge >= 0.3 is 0 Å². The zero-order chi connectivity index (χ0) is 13.9.